The number of morpholine rings is 1. The van der Waals surface area contributed by atoms with E-state index in [1.807, 2.05) is 12.1 Å². The first-order valence-corrected chi connectivity index (χ1v) is 6.12. The molecule has 1 aromatic rings. The highest BCUT2D eigenvalue weighted by molar-refractivity contribution is 5.48. The Bertz CT molecular complexity index is 429. The Morgan fingerprint density at radius 1 is 1.39 bits per heavy atom. The number of rotatable bonds is 2. The van der Waals surface area contributed by atoms with Crippen molar-refractivity contribution in [3.8, 4) is 11.5 Å². The van der Waals surface area contributed by atoms with Crippen molar-refractivity contribution in [2.75, 3.05) is 33.6 Å². The van der Waals surface area contributed by atoms with Gasteiger partial charge in [-0.2, -0.15) is 0 Å². The lowest BCUT2D eigenvalue weighted by molar-refractivity contribution is -0.0173. The van der Waals surface area contributed by atoms with Crippen molar-refractivity contribution in [3.63, 3.8) is 0 Å². The summed E-state index contributed by atoms with van der Waals surface area (Å²) in [6, 6.07) is 3.98. The molecule has 5 nitrogen and oxygen atoms in total. The van der Waals surface area contributed by atoms with Gasteiger partial charge in [0.2, 0.25) is 0 Å². The molecule has 1 N–H and O–H groups in total. The fraction of sp³-hybridized carbons (Fsp3) is 0.538. The SMILES string of the molecule is COc1cc2c(cc1C1CNCCO1)OCOC2. The van der Waals surface area contributed by atoms with Gasteiger partial charge in [0.15, 0.2) is 6.79 Å². The number of hydrogen-bond acceptors (Lipinski definition) is 5. The molecule has 2 aliphatic rings. The van der Waals surface area contributed by atoms with Gasteiger partial charge in [-0.05, 0) is 12.1 Å². The summed E-state index contributed by atoms with van der Waals surface area (Å²) in [6.45, 7) is 3.28. The highest BCUT2D eigenvalue weighted by Gasteiger charge is 2.23. The van der Waals surface area contributed by atoms with Crippen molar-refractivity contribution >= 4 is 0 Å². The van der Waals surface area contributed by atoms with Crippen molar-refractivity contribution in [1.82, 2.24) is 5.32 Å². The Balaban J connectivity index is 1.95. The van der Waals surface area contributed by atoms with Crippen molar-refractivity contribution < 1.29 is 18.9 Å². The lowest BCUT2D eigenvalue weighted by atomic mass is 10.0. The van der Waals surface area contributed by atoms with Crippen LogP contribution in [0.15, 0.2) is 12.1 Å². The predicted molar refractivity (Wildman–Crippen MR) is 64.8 cm³/mol. The molecule has 0 aromatic heterocycles. The largest absolute Gasteiger partial charge is 0.496 e. The van der Waals surface area contributed by atoms with E-state index < -0.39 is 0 Å². The van der Waals surface area contributed by atoms with Gasteiger partial charge in [-0.25, -0.2) is 0 Å². The molecule has 3 rings (SSSR count). The molecule has 0 saturated carbocycles. The van der Waals surface area contributed by atoms with Crippen LogP contribution in [-0.2, 0) is 16.1 Å². The minimum atomic E-state index is 0.0189. The van der Waals surface area contributed by atoms with Gasteiger partial charge in [0.05, 0.1) is 26.4 Å². The molecule has 1 unspecified atom stereocenters. The molecular weight excluding hydrogens is 234 g/mol. The van der Waals surface area contributed by atoms with Gasteiger partial charge < -0.3 is 24.3 Å². The Hall–Kier alpha value is -1.30. The van der Waals surface area contributed by atoms with Crippen LogP contribution < -0.4 is 14.8 Å². The second-order valence-electron chi connectivity index (χ2n) is 4.38. The minimum absolute atomic E-state index is 0.0189. The van der Waals surface area contributed by atoms with Crippen molar-refractivity contribution in [2.45, 2.75) is 12.7 Å². The van der Waals surface area contributed by atoms with Crippen LogP contribution in [0.4, 0.5) is 0 Å². The Kier molecular flexibility index (Phi) is 3.36. The lowest BCUT2D eigenvalue weighted by Crippen LogP contribution is -2.33. The van der Waals surface area contributed by atoms with Crippen LogP contribution in [0.25, 0.3) is 0 Å². The molecule has 2 heterocycles. The van der Waals surface area contributed by atoms with E-state index >= 15 is 0 Å². The third-order valence-corrected chi connectivity index (χ3v) is 3.24. The molecule has 1 fully saturated rings. The quantitative estimate of drug-likeness (QED) is 0.856. The zero-order chi connectivity index (χ0) is 12.4. The van der Waals surface area contributed by atoms with Crippen LogP contribution >= 0.6 is 0 Å². The van der Waals surface area contributed by atoms with Crippen molar-refractivity contribution in [3.05, 3.63) is 23.3 Å². The molecule has 1 atom stereocenters. The van der Waals surface area contributed by atoms with E-state index in [0.29, 0.717) is 13.4 Å². The third-order valence-electron chi connectivity index (χ3n) is 3.24. The van der Waals surface area contributed by atoms with Gasteiger partial charge in [0, 0.05) is 24.2 Å². The first-order chi connectivity index (χ1) is 8.88. The second kappa shape index (κ2) is 5.14. The molecule has 98 valence electrons. The standard InChI is InChI=1S/C13H17NO4/c1-15-12-4-9-7-16-8-18-11(9)5-10(12)13-6-14-2-3-17-13/h4-5,13-14H,2-3,6-8H2,1H3. The lowest BCUT2D eigenvalue weighted by Gasteiger charge is -2.27. The summed E-state index contributed by atoms with van der Waals surface area (Å²) in [6.07, 6.45) is 0.0189. The van der Waals surface area contributed by atoms with Crippen LogP contribution in [0, 0.1) is 0 Å². The van der Waals surface area contributed by atoms with Crippen LogP contribution in [0.5, 0.6) is 11.5 Å². The summed E-state index contributed by atoms with van der Waals surface area (Å²) >= 11 is 0. The zero-order valence-electron chi connectivity index (χ0n) is 10.4. The van der Waals surface area contributed by atoms with E-state index in [1.165, 1.54) is 0 Å². The molecule has 0 aliphatic carbocycles. The fourth-order valence-corrected chi connectivity index (χ4v) is 2.32. The summed E-state index contributed by atoms with van der Waals surface area (Å²) in [4.78, 5) is 0. The maximum absolute atomic E-state index is 5.77. The fourth-order valence-electron chi connectivity index (χ4n) is 2.32. The maximum atomic E-state index is 5.77. The monoisotopic (exact) mass is 251 g/mol. The molecule has 0 amide bonds. The summed E-state index contributed by atoms with van der Waals surface area (Å²) in [5, 5.41) is 3.32. The first-order valence-electron chi connectivity index (χ1n) is 6.12. The third kappa shape index (κ3) is 2.16. The van der Waals surface area contributed by atoms with Gasteiger partial charge in [-0.1, -0.05) is 0 Å². The van der Waals surface area contributed by atoms with Gasteiger partial charge in [0.25, 0.3) is 0 Å². The topological polar surface area (TPSA) is 49.0 Å². The van der Waals surface area contributed by atoms with E-state index in [0.717, 1.165) is 42.3 Å². The molecule has 1 aromatic carbocycles. The maximum Gasteiger partial charge on any atom is 0.189 e. The second-order valence-corrected chi connectivity index (χ2v) is 4.38. The van der Waals surface area contributed by atoms with E-state index in [1.54, 1.807) is 7.11 Å². The summed E-state index contributed by atoms with van der Waals surface area (Å²) in [5.41, 5.74) is 2.05. The highest BCUT2D eigenvalue weighted by Crippen LogP contribution is 2.36. The Morgan fingerprint density at radius 3 is 3.11 bits per heavy atom. The number of ether oxygens (including phenoxy) is 4. The van der Waals surface area contributed by atoms with E-state index in [2.05, 4.69) is 5.32 Å². The first kappa shape index (κ1) is 11.8. The van der Waals surface area contributed by atoms with Crippen LogP contribution in [0.1, 0.15) is 17.2 Å². The van der Waals surface area contributed by atoms with Crippen molar-refractivity contribution in [2.24, 2.45) is 0 Å². The number of methoxy groups -OCH3 is 1. The average Bonchev–Trinajstić information content (AvgIpc) is 2.46. The molecule has 2 aliphatic heterocycles. The van der Waals surface area contributed by atoms with Crippen LogP contribution in [-0.4, -0.2) is 33.6 Å². The molecule has 18 heavy (non-hydrogen) atoms. The van der Waals surface area contributed by atoms with Crippen LogP contribution in [0.2, 0.25) is 0 Å². The summed E-state index contributed by atoms with van der Waals surface area (Å²) in [5.74, 6) is 1.70. The highest BCUT2D eigenvalue weighted by atomic mass is 16.7. The molecule has 0 radical (unpaired) electrons. The molecule has 1 saturated heterocycles. The Morgan fingerprint density at radius 2 is 2.33 bits per heavy atom. The number of benzene rings is 1. The number of nitrogens with one attached hydrogen (secondary N) is 1. The van der Waals surface area contributed by atoms with Gasteiger partial charge >= 0.3 is 0 Å². The Labute approximate surface area is 106 Å². The summed E-state index contributed by atoms with van der Waals surface area (Å²) in [7, 11) is 1.67. The normalized spacial score (nSPS) is 23.1. The van der Waals surface area contributed by atoms with Gasteiger partial charge in [-0.15, -0.1) is 0 Å². The van der Waals surface area contributed by atoms with Gasteiger partial charge in [-0.3, -0.25) is 0 Å². The van der Waals surface area contributed by atoms with Crippen LogP contribution in [0.3, 0.4) is 0 Å². The van der Waals surface area contributed by atoms with E-state index in [4.69, 9.17) is 18.9 Å². The number of fused-ring (bicyclic) bond motifs is 1. The molecule has 0 bridgehead atoms. The predicted octanol–water partition coefficient (Wildman–Crippen LogP) is 1.22. The van der Waals surface area contributed by atoms with Gasteiger partial charge in [0.1, 0.15) is 11.5 Å². The average molecular weight is 251 g/mol. The number of hydrogen-bond donors (Lipinski definition) is 1. The van der Waals surface area contributed by atoms with E-state index in [-0.39, 0.29) is 6.10 Å². The molecular formula is C13H17NO4. The smallest absolute Gasteiger partial charge is 0.189 e. The zero-order valence-corrected chi connectivity index (χ0v) is 10.4. The molecule has 5 heteroatoms. The minimum Gasteiger partial charge on any atom is -0.496 e. The van der Waals surface area contributed by atoms with Crippen molar-refractivity contribution in [1.29, 1.82) is 0 Å². The summed E-state index contributed by atoms with van der Waals surface area (Å²) < 4.78 is 22.0. The van der Waals surface area contributed by atoms with E-state index in [9.17, 15) is 0 Å². The molecule has 0 spiro atoms.